The molecule has 0 saturated carbocycles. The number of benzene rings is 1. The van der Waals surface area contributed by atoms with Crippen molar-refractivity contribution in [3.63, 3.8) is 0 Å². The highest BCUT2D eigenvalue weighted by Crippen LogP contribution is 2.24. The predicted octanol–water partition coefficient (Wildman–Crippen LogP) is 3.44. The molecule has 0 bridgehead atoms. The third kappa shape index (κ3) is 5.61. The Morgan fingerprint density at radius 2 is 1.80 bits per heavy atom. The molecule has 0 radical (unpaired) electrons. The SMILES string of the molecule is Cc1cc(NC(=O)NCCCCC(=O)O)cc(C)c1Br. The summed E-state index contributed by atoms with van der Waals surface area (Å²) in [4.78, 5) is 22.0. The highest BCUT2D eigenvalue weighted by Gasteiger charge is 2.05. The van der Waals surface area contributed by atoms with Crippen LogP contribution >= 0.6 is 15.9 Å². The van der Waals surface area contributed by atoms with Crippen LogP contribution in [-0.2, 0) is 4.79 Å². The van der Waals surface area contributed by atoms with Gasteiger partial charge in [0.2, 0.25) is 0 Å². The van der Waals surface area contributed by atoms with Crippen molar-refractivity contribution < 1.29 is 14.7 Å². The Labute approximate surface area is 126 Å². The summed E-state index contributed by atoms with van der Waals surface area (Å²) in [5, 5.41) is 14.0. The number of urea groups is 1. The van der Waals surface area contributed by atoms with Crippen molar-refractivity contribution in [2.45, 2.75) is 33.1 Å². The number of aryl methyl sites for hydroxylation is 2. The summed E-state index contributed by atoms with van der Waals surface area (Å²) in [5.41, 5.74) is 2.86. The lowest BCUT2D eigenvalue weighted by molar-refractivity contribution is -0.137. The number of amides is 2. The van der Waals surface area contributed by atoms with Crippen LogP contribution in [0.15, 0.2) is 16.6 Å². The van der Waals surface area contributed by atoms with E-state index in [1.54, 1.807) is 0 Å². The molecule has 2 amide bonds. The normalized spacial score (nSPS) is 10.2. The van der Waals surface area contributed by atoms with E-state index in [4.69, 9.17) is 5.11 Å². The molecule has 0 heterocycles. The highest BCUT2D eigenvalue weighted by atomic mass is 79.9. The van der Waals surface area contributed by atoms with Crippen LogP contribution in [0.5, 0.6) is 0 Å². The average molecular weight is 343 g/mol. The molecule has 0 aliphatic carbocycles. The van der Waals surface area contributed by atoms with Gasteiger partial charge in [0.25, 0.3) is 0 Å². The summed E-state index contributed by atoms with van der Waals surface area (Å²) >= 11 is 3.47. The van der Waals surface area contributed by atoms with Gasteiger partial charge in [0, 0.05) is 23.1 Å². The first-order chi connectivity index (χ1) is 9.40. The Bertz CT molecular complexity index is 480. The quantitative estimate of drug-likeness (QED) is 0.693. The Morgan fingerprint density at radius 3 is 2.35 bits per heavy atom. The number of hydrogen-bond acceptors (Lipinski definition) is 2. The second-order valence-electron chi connectivity index (χ2n) is 4.66. The van der Waals surface area contributed by atoms with Crippen LogP contribution in [0.1, 0.15) is 30.4 Å². The van der Waals surface area contributed by atoms with Gasteiger partial charge in [-0.25, -0.2) is 4.79 Å². The van der Waals surface area contributed by atoms with Crippen molar-refractivity contribution in [1.82, 2.24) is 5.32 Å². The molecule has 3 N–H and O–H groups in total. The van der Waals surface area contributed by atoms with Gasteiger partial charge in [-0.2, -0.15) is 0 Å². The summed E-state index contributed by atoms with van der Waals surface area (Å²) in [6.45, 7) is 4.39. The number of carbonyl (C=O) groups is 2. The van der Waals surface area contributed by atoms with Gasteiger partial charge in [0.05, 0.1) is 0 Å². The number of anilines is 1. The van der Waals surface area contributed by atoms with Crippen molar-refractivity contribution >= 4 is 33.6 Å². The molecule has 0 aliphatic rings. The number of nitrogens with one attached hydrogen (secondary N) is 2. The Kier molecular flexibility index (Phi) is 6.51. The second kappa shape index (κ2) is 7.89. The summed E-state index contributed by atoms with van der Waals surface area (Å²) in [6, 6.07) is 3.50. The fraction of sp³-hybridized carbons (Fsp3) is 0.429. The number of unbranched alkanes of at least 4 members (excludes halogenated alkanes) is 1. The van der Waals surface area contributed by atoms with Crippen LogP contribution in [0, 0.1) is 13.8 Å². The van der Waals surface area contributed by atoms with Gasteiger partial charge < -0.3 is 15.7 Å². The van der Waals surface area contributed by atoms with Gasteiger partial charge >= 0.3 is 12.0 Å². The maximum Gasteiger partial charge on any atom is 0.319 e. The fourth-order valence-electron chi connectivity index (χ4n) is 1.80. The number of halogens is 1. The van der Waals surface area contributed by atoms with Crippen molar-refractivity contribution in [2.24, 2.45) is 0 Å². The average Bonchev–Trinajstić information content (AvgIpc) is 2.35. The third-order valence-corrected chi connectivity index (χ3v) is 4.05. The topological polar surface area (TPSA) is 78.4 Å². The van der Waals surface area contributed by atoms with Gasteiger partial charge in [0.15, 0.2) is 0 Å². The van der Waals surface area contributed by atoms with E-state index >= 15 is 0 Å². The van der Waals surface area contributed by atoms with E-state index in [2.05, 4.69) is 26.6 Å². The van der Waals surface area contributed by atoms with Crippen LogP contribution in [0.4, 0.5) is 10.5 Å². The molecule has 0 unspecified atom stereocenters. The van der Waals surface area contributed by atoms with E-state index in [9.17, 15) is 9.59 Å². The monoisotopic (exact) mass is 342 g/mol. The smallest absolute Gasteiger partial charge is 0.319 e. The van der Waals surface area contributed by atoms with Gasteiger partial charge in [-0.05, 0) is 49.9 Å². The summed E-state index contributed by atoms with van der Waals surface area (Å²) < 4.78 is 1.04. The number of carboxylic acids is 1. The molecular formula is C14H19BrN2O3. The molecule has 1 rings (SSSR count). The van der Waals surface area contributed by atoms with Gasteiger partial charge in [-0.3, -0.25) is 4.79 Å². The Balaban J connectivity index is 2.37. The van der Waals surface area contributed by atoms with Gasteiger partial charge in [0.1, 0.15) is 0 Å². The standard InChI is InChI=1S/C14H19BrN2O3/c1-9-7-11(8-10(2)13(9)15)17-14(20)16-6-4-3-5-12(18)19/h7-8H,3-6H2,1-2H3,(H,18,19)(H2,16,17,20). The molecule has 0 fully saturated rings. The fourth-order valence-corrected chi connectivity index (χ4v) is 2.03. The first-order valence-corrected chi connectivity index (χ1v) is 7.23. The zero-order valence-corrected chi connectivity index (χ0v) is 13.2. The highest BCUT2D eigenvalue weighted by molar-refractivity contribution is 9.10. The van der Waals surface area contributed by atoms with Crippen molar-refractivity contribution in [1.29, 1.82) is 0 Å². The number of carbonyl (C=O) groups excluding carboxylic acids is 1. The lowest BCUT2D eigenvalue weighted by Gasteiger charge is -2.10. The minimum Gasteiger partial charge on any atom is -0.481 e. The maximum absolute atomic E-state index is 11.7. The minimum absolute atomic E-state index is 0.133. The van der Waals surface area contributed by atoms with E-state index in [0.717, 1.165) is 21.3 Å². The van der Waals surface area contributed by atoms with Gasteiger partial charge in [-0.15, -0.1) is 0 Å². The van der Waals surface area contributed by atoms with E-state index in [0.29, 0.717) is 19.4 Å². The lowest BCUT2D eigenvalue weighted by atomic mass is 10.1. The molecule has 6 heteroatoms. The Hall–Kier alpha value is -1.56. The van der Waals surface area contributed by atoms with Gasteiger partial charge in [-0.1, -0.05) is 15.9 Å². The molecule has 0 atom stereocenters. The molecule has 0 aliphatic heterocycles. The van der Waals surface area contributed by atoms with Crippen LogP contribution in [0.25, 0.3) is 0 Å². The van der Waals surface area contributed by atoms with Crippen LogP contribution in [-0.4, -0.2) is 23.7 Å². The predicted molar refractivity (Wildman–Crippen MR) is 82.1 cm³/mol. The first-order valence-electron chi connectivity index (χ1n) is 6.43. The molecule has 1 aromatic carbocycles. The summed E-state index contributed by atoms with van der Waals surface area (Å²) in [6.07, 6.45) is 1.35. The van der Waals surface area contributed by atoms with Crippen LogP contribution < -0.4 is 10.6 Å². The van der Waals surface area contributed by atoms with Crippen LogP contribution in [0.3, 0.4) is 0 Å². The Morgan fingerprint density at radius 1 is 1.20 bits per heavy atom. The number of aliphatic carboxylic acids is 1. The molecule has 110 valence electrons. The first kappa shape index (κ1) is 16.5. The minimum atomic E-state index is -0.810. The maximum atomic E-state index is 11.7. The molecule has 5 nitrogen and oxygen atoms in total. The zero-order chi connectivity index (χ0) is 15.1. The molecule has 0 spiro atoms. The summed E-state index contributed by atoms with van der Waals surface area (Å²) in [7, 11) is 0. The molecule has 0 aromatic heterocycles. The number of hydrogen-bond donors (Lipinski definition) is 3. The van der Waals surface area contributed by atoms with E-state index in [-0.39, 0.29) is 12.5 Å². The number of carboxylic acid groups (broad SMARTS) is 1. The molecule has 0 saturated heterocycles. The van der Waals surface area contributed by atoms with E-state index < -0.39 is 5.97 Å². The van der Waals surface area contributed by atoms with E-state index in [1.807, 2.05) is 26.0 Å². The van der Waals surface area contributed by atoms with Crippen molar-refractivity contribution in [2.75, 3.05) is 11.9 Å². The molecule has 20 heavy (non-hydrogen) atoms. The van der Waals surface area contributed by atoms with E-state index in [1.165, 1.54) is 0 Å². The molecular weight excluding hydrogens is 324 g/mol. The van der Waals surface area contributed by atoms with Crippen molar-refractivity contribution in [3.05, 3.63) is 27.7 Å². The number of rotatable bonds is 6. The second-order valence-corrected chi connectivity index (χ2v) is 5.45. The third-order valence-electron chi connectivity index (χ3n) is 2.80. The summed E-state index contributed by atoms with van der Waals surface area (Å²) in [5.74, 6) is -0.810. The zero-order valence-electron chi connectivity index (χ0n) is 11.6. The van der Waals surface area contributed by atoms with Crippen LogP contribution in [0.2, 0.25) is 0 Å². The largest absolute Gasteiger partial charge is 0.481 e. The molecule has 1 aromatic rings. The lowest BCUT2D eigenvalue weighted by Crippen LogP contribution is -2.29. The van der Waals surface area contributed by atoms with Crippen molar-refractivity contribution in [3.8, 4) is 0 Å².